The average Bonchev–Trinajstić information content (AvgIpc) is 4.01. The summed E-state index contributed by atoms with van der Waals surface area (Å²) in [5.74, 6) is -4.92. The molecule has 21 nitrogen and oxygen atoms in total. The molecule has 3 heterocycles. The highest BCUT2D eigenvalue weighted by Crippen LogP contribution is 2.53. The van der Waals surface area contributed by atoms with E-state index in [1.807, 2.05) is 39.8 Å². The summed E-state index contributed by atoms with van der Waals surface area (Å²) in [4.78, 5) is 84.8. The van der Waals surface area contributed by atoms with Gasteiger partial charge in [0.05, 0.1) is 47.1 Å². The molecule has 0 spiro atoms. The second kappa shape index (κ2) is 23.9. The number of nitrogens with one attached hydrogen (secondary N) is 2. The minimum absolute atomic E-state index is 0.0562. The van der Waals surface area contributed by atoms with Gasteiger partial charge in [-0.2, -0.15) is 0 Å². The van der Waals surface area contributed by atoms with E-state index in [0.29, 0.717) is 74.4 Å². The quantitative estimate of drug-likeness (QED) is 0.0397. The summed E-state index contributed by atoms with van der Waals surface area (Å²) in [5, 5.41) is 76.3. The maximum absolute atomic E-state index is 14.1. The third-order valence-corrected chi connectivity index (χ3v) is 15.2. The van der Waals surface area contributed by atoms with Crippen LogP contribution in [0.15, 0.2) is 52.6 Å². The van der Waals surface area contributed by atoms with E-state index in [4.69, 9.17) is 18.7 Å². The van der Waals surface area contributed by atoms with Gasteiger partial charge in [0.1, 0.15) is 41.0 Å². The van der Waals surface area contributed by atoms with Crippen molar-refractivity contribution in [1.82, 2.24) is 25.6 Å². The lowest BCUT2D eigenvalue weighted by molar-refractivity contribution is -0.227. The third-order valence-electron chi connectivity index (χ3n) is 15.2. The molecule has 0 bridgehead atoms. The molecule has 8 N–H and O–H groups in total. The van der Waals surface area contributed by atoms with E-state index in [1.54, 1.807) is 24.8 Å². The number of allylic oxidation sites excluding steroid dienone is 3. The number of nitrogens with zero attached hydrogens (tertiary/aromatic N) is 3. The molecular formula is C58H69N5O16. The van der Waals surface area contributed by atoms with E-state index in [-0.39, 0.29) is 88.0 Å². The van der Waals surface area contributed by atoms with Gasteiger partial charge in [-0.25, -0.2) is 0 Å². The van der Waals surface area contributed by atoms with Crippen LogP contribution in [0.2, 0.25) is 0 Å². The number of hydrogen-bond acceptors (Lipinski definition) is 18. The van der Waals surface area contributed by atoms with Crippen molar-refractivity contribution in [3.05, 3.63) is 98.3 Å². The molecule has 2 saturated heterocycles. The summed E-state index contributed by atoms with van der Waals surface area (Å²) in [6, 6.07) is 6.76. The Morgan fingerprint density at radius 3 is 2.33 bits per heavy atom. The number of carbonyl (C=O) groups excluding carboxylic acids is 6. The number of amides is 3. The first-order valence-electron chi connectivity index (χ1n) is 26.6. The van der Waals surface area contributed by atoms with Crippen LogP contribution in [-0.2, 0) is 30.3 Å². The van der Waals surface area contributed by atoms with Gasteiger partial charge in [-0.1, -0.05) is 48.9 Å². The maximum atomic E-state index is 14.1. The second-order valence-corrected chi connectivity index (χ2v) is 21.2. The van der Waals surface area contributed by atoms with E-state index in [0.717, 1.165) is 5.57 Å². The Kier molecular flexibility index (Phi) is 17.5. The Morgan fingerprint density at radius 2 is 1.65 bits per heavy atom. The second-order valence-electron chi connectivity index (χ2n) is 21.2. The van der Waals surface area contributed by atoms with Gasteiger partial charge < -0.3 is 64.9 Å². The lowest BCUT2D eigenvalue weighted by atomic mass is 9.72. The Labute approximate surface area is 456 Å². The SMILES string of the molecule is CCNC(=O)c1noc(-c2cc(C(C)C)c(O)cc2O)c1/C(C)=C/C=C(\C)CN1CCN(C(=O)CCCC(=O)N[C@@H]2C[C@@H](OC3CC(O)(C(=O)CO)Cc4c(O)c5c(c(O)c43)C(=O)c3c(OC)cccc3C5=O)O[C@H](C)C2)CC1. The largest absolute Gasteiger partial charge is 0.508 e. The zero-order valence-corrected chi connectivity index (χ0v) is 45.4. The van der Waals surface area contributed by atoms with Gasteiger partial charge in [0, 0.05) is 100 Å². The normalized spacial score (nSPS) is 21.6. The van der Waals surface area contributed by atoms with Crippen LogP contribution in [-0.4, -0.2) is 158 Å². The van der Waals surface area contributed by atoms with E-state index < -0.39 is 95.5 Å². The molecule has 5 atom stereocenters. The fraction of sp³-hybridized carbons (Fsp3) is 0.466. The molecule has 2 aliphatic heterocycles. The van der Waals surface area contributed by atoms with Crippen molar-refractivity contribution in [2.75, 3.05) is 53.0 Å². The zero-order valence-electron chi connectivity index (χ0n) is 45.4. The van der Waals surface area contributed by atoms with Gasteiger partial charge in [0.2, 0.25) is 17.6 Å². The third kappa shape index (κ3) is 11.8. The van der Waals surface area contributed by atoms with Crippen LogP contribution >= 0.6 is 0 Å². The van der Waals surface area contributed by atoms with Crippen LogP contribution in [0.5, 0.6) is 28.7 Å². The highest BCUT2D eigenvalue weighted by Gasteiger charge is 2.50. The number of fused-ring (bicyclic) bond motifs is 3. The molecule has 2 unspecified atom stereocenters. The van der Waals surface area contributed by atoms with Gasteiger partial charge in [-0.3, -0.25) is 33.7 Å². The standard InChI is InChI=1S/C58H69N5O16/c1-8-59-57(74)51-46(56(79-61-51)36-23-35(29(2)3)38(65)24-39(36)66)31(5)16-15-30(4)27-62-17-19-63(20-18-62)44(69)14-10-13-43(68)60-33-21-32(6)77-45(22-33)78-41-26-58(75,42(67)28-64)25-37-48(41)55(73)50-49(53(37)71)52(70)34-11-9-12-40(76-7)47(34)54(50)72/h9,11-12,15-16,23-24,29,32-33,41,45,64-66,71,73,75H,8,10,13-14,17-22,25-28H2,1-7H3,(H,59,74)(H,60,68)/b30-15+,31-16+/t32-,33+,41?,45-,58?/m1/s1. The van der Waals surface area contributed by atoms with E-state index >= 15 is 0 Å². The summed E-state index contributed by atoms with van der Waals surface area (Å²) < 4.78 is 23.5. The number of aliphatic hydroxyl groups is 2. The molecule has 0 saturated carbocycles. The van der Waals surface area contributed by atoms with Crippen molar-refractivity contribution in [3.63, 3.8) is 0 Å². The predicted molar refractivity (Wildman–Crippen MR) is 286 cm³/mol. The van der Waals surface area contributed by atoms with Crippen LogP contribution in [0.4, 0.5) is 0 Å². The molecule has 4 aromatic rings. The Hall–Kier alpha value is -7.43. The van der Waals surface area contributed by atoms with Gasteiger partial charge >= 0.3 is 0 Å². The first-order chi connectivity index (χ1) is 37.6. The highest BCUT2D eigenvalue weighted by atomic mass is 16.7. The molecular weight excluding hydrogens is 1020 g/mol. The first kappa shape index (κ1) is 57.7. The van der Waals surface area contributed by atoms with E-state index in [9.17, 15) is 59.4 Å². The number of benzene rings is 3. The number of rotatable bonds is 18. The molecule has 422 valence electrons. The average molecular weight is 1090 g/mol. The first-order valence-corrected chi connectivity index (χ1v) is 26.6. The highest BCUT2D eigenvalue weighted by molar-refractivity contribution is 6.31. The number of aromatic hydroxyl groups is 4. The number of aromatic nitrogens is 1. The molecule has 4 aliphatic rings. The van der Waals surface area contributed by atoms with E-state index in [1.165, 1.54) is 31.4 Å². The van der Waals surface area contributed by atoms with Crippen molar-refractivity contribution in [3.8, 4) is 40.1 Å². The molecule has 3 aromatic carbocycles. The summed E-state index contributed by atoms with van der Waals surface area (Å²) in [5.41, 5.74) is -0.863. The summed E-state index contributed by atoms with van der Waals surface area (Å²) >= 11 is 0. The number of methoxy groups -OCH3 is 1. The number of ether oxygens (including phenoxy) is 3. The van der Waals surface area contributed by atoms with Gasteiger partial charge in [0.25, 0.3) is 5.91 Å². The lowest BCUT2D eigenvalue weighted by Crippen LogP contribution is -2.49. The van der Waals surface area contributed by atoms with Crippen molar-refractivity contribution in [2.24, 2.45) is 0 Å². The Balaban J connectivity index is 0.854. The predicted octanol–water partition coefficient (Wildman–Crippen LogP) is 5.49. The molecule has 2 aliphatic carbocycles. The Morgan fingerprint density at radius 1 is 0.924 bits per heavy atom. The number of piperazine rings is 1. The Bertz CT molecular complexity index is 3130. The molecule has 3 amide bonds. The maximum Gasteiger partial charge on any atom is 0.274 e. The van der Waals surface area contributed by atoms with Crippen LogP contribution in [0.25, 0.3) is 16.9 Å². The summed E-state index contributed by atoms with van der Waals surface area (Å²) in [6.45, 7) is 13.3. The molecule has 1 aromatic heterocycles. The zero-order chi connectivity index (χ0) is 57.2. The van der Waals surface area contributed by atoms with Crippen LogP contribution in [0.1, 0.15) is 157 Å². The number of phenolic OH excluding ortho intramolecular Hbond substituents is 4. The smallest absolute Gasteiger partial charge is 0.274 e. The van der Waals surface area contributed by atoms with Crippen molar-refractivity contribution < 1.29 is 78.1 Å². The molecule has 21 heteroatoms. The number of ketones is 3. The number of Topliss-reactive ketones (excluding diaryl/α,β-unsaturated/α-hetero) is 1. The number of carbonyl (C=O) groups is 6. The topological polar surface area (TPSA) is 308 Å². The number of phenols is 4. The fourth-order valence-electron chi connectivity index (χ4n) is 11.1. The molecule has 2 fully saturated rings. The van der Waals surface area contributed by atoms with Crippen LogP contribution in [0.3, 0.4) is 0 Å². The summed E-state index contributed by atoms with van der Waals surface area (Å²) in [6.07, 6.45) is 0.619. The minimum Gasteiger partial charge on any atom is -0.508 e. The van der Waals surface area contributed by atoms with Crippen molar-refractivity contribution in [1.29, 1.82) is 0 Å². The lowest BCUT2D eigenvalue weighted by Gasteiger charge is -2.41. The molecule has 79 heavy (non-hydrogen) atoms. The number of hydrogen-bond donors (Lipinski definition) is 8. The van der Waals surface area contributed by atoms with E-state index in [2.05, 4.69) is 20.7 Å². The van der Waals surface area contributed by atoms with Crippen LogP contribution < -0.4 is 15.4 Å². The van der Waals surface area contributed by atoms with Crippen molar-refractivity contribution in [2.45, 2.75) is 123 Å². The minimum atomic E-state index is -2.32. The fourth-order valence-corrected chi connectivity index (χ4v) is 11.1. The number of aliphatic hydroxyl groups excluding tert-OH is 1. The van der Waals surface area contributed by atoms with Gasteiger partial charge in [-0.05, 0) is 69.7 Å². The van der Waals surface area contributed by atoms with Crippen molar-refractivity contribution >= 4 is 40.6 Å². The monoisotopic (exact) mass is 1090 g/mol. The summed E-state index contributed by atoms with van der Waals surface area (Å²) in [7, 11) is 1.32. The van der Waals surface area contributed by atoms with Crippen LogP contribution in [0, 0.1) is 0 Å². The molecule has 8 rings (SSSR count). The van der Waals surface area contributed by atoms with Gasteiger partial charge in [0.15, 0.2) is 29.3 Å². The van der Waals surface area contributed by atoms with Gasteiger partial charge in [-0.15, -0.1) is 0 Å². The molecule has 0 radical (unpaired) electrons.